The van der Waals surface area contributed by atoms with Crippen molar-refractivity contribution in [3.05, 3.63) is 28.8 Å². The van der Waals surface area contributed by atoms with Gasteiger partial charge in [0, 0.05) is 6.04 Å². The van der Waals surface area contributed by atoms with Crippen molar-refractivity contribution in [2.24, 2.45) is 5.92 Å². The number of carboxylic acid groups (broad SMARTS) is 1. The van der Waals surface area contributed by atoms with Crippen molar-refractivity contribution in [3.63, 3.8) is 0 Å². The summed E-state index contributed by atoms with van der Waals surface area (Å²) in [6, 6.07) is 5.09. The van der Waals surface area contributed by atoms with Crippen LogP contribution >= 0.6 is 11.6 Å². The zero-order chi connectivity index (χ0) is 15.6. The van der Waals surface area contributed by atoms with E-state index in [0.29, 0.717) is 12.8 Å². The Kier molecular flexibility index (Phi) is 4.52. The summed E-state index contributed by atoms with van der Waals surface area (Å²) in [6.45, 7) is 0. The highest BCUT2D eigenvalue weighted by atomic mass is 35.5. The van der Waals surface area contributed by atoms with E-state index in [0.717, 1.165) is 12.5 Å². The standard InChI is InChI=1S/C13H13ClN2O4S/c14-10-5-4-8(13(17)18)6-12(10)21(19,20)16-11-3-1-2-9(11)7-15/h4-6,9,11,16H,1-3H2,(H,17,18). The Morgan fingerprint density at radius 3 is 2.76 bits per heavy atom. The molecule has 0 saturated heterocycles. The highest BCUT2D eigenvalue weighted by Crippen LogP contribution is 2.28. The molecule has 0 spiro atoms. The van der Waals surface area contributed by atoms with E-state index < -0.39 is 22.0 Å². The lowest BCUT2D eigenvalue weighted by Crippen LogP contribution is -2.37. The van der Waals surface area contributed by atoms with Gasteiger partial charge in [0.05, 0.1) is 22.6 Å². The quantitative estimate of drug-likeness (QED) is 0.879. The van der Waals surface area contributed by atoms with Crippen LogP contribution in [0.2, 0.25) is 5.02 Å². The minimum Gasteiger partial charge on any atom is -0.478 e. The van der Waals surface area contributed by atoms with E-state index in [2.05, 4.69) is 10.8 Å². The molecule has 2 rings (SSSR count). The third-order valence-corrected chi connectivity index (χ3v) is 5.43. The van der Waals surface area contributed by atoms with Gasteiger partial charge in [0.25, 0.3) is 0 Å². The predicted molar refractivity (Wildman–Crippen MR) is 75.5 cm³/mol. The van der Waals surface area contributed by atoms with Gasteiger partial charge in [-0.3, -0.25) is 0 Å². The van der Waals surface area contributed by atoms with Gasteiger partial charge in [0.1, 0.15) is 4.90 Å². The van der Waals surface area contributed by atoms with Crippen LogP contribution in [-0.2, 0) is 10.0 Å². The molecule has 8 heteroatoms. The third-order valence-electron chi connectivity index (χ3n) is 3.46. The first-order valence-electron chi connectivity index (χ1n) is 6.30. The lowest BCUT2D eigenvalue weighted by atomic mass is 10.1. The molecule has 2 atom stereocenters. The molecule has 0 aromatic heterocycles. The Morgan fingerprint density at radius 1 is 1.43 bits per heavy atom. The van der Waals surface area contributed by atoms with E-state index >= 15 is 0 Å². The summed E-state index contributed by atoms with van der Waals surface area (Å²) in [6.07, 6.45) is 1.99. The van der Waals surface area contributed by atoms with Crippen LogP contribution in [0.3, 0.4) is 0 Å². The van der Waals surface area contributed by atoms with Crippen LogP contribution in [0.25, 0.3) is 0 Å². The van der Waals surface area contributed by atoms with Gasteiger partial charge in [-0.1, -0.05) is 18.0 Å². The molecule has 6 nitrogen and oxygen atoms in total. The first-order chi connectivity index (χ1) is 9.85. The normalized spacial score (nSPS) is 21.9. The number of carboxylic acids is 1. The van der Waals surface area contributed by atoms with Gasteiger partial charge in [-0.05, 0) is 31.0 Å². The Hall–Kier alpha value is -1.62. The molecule has 0 bridgehead atoms. The molecular weight excluding hydrogens is 316 g/mol. The molecule has 1 aromatic rings. The zero-order valence-corrected chi connectivity index (χ0v) is 12.5. The lowest BCUT2D eigenvalue weighted by Gasteiger charge is -2.16. The van der Waals surface area contributed by atoms with Crippen molar-refractivity contribution in [1.29, 1.82) is 5.26 Å². The van der Waals surface area contributed by atoms with E-state index in [1.165, 1.54) is 12.1 Å². The summed E-state index contributed by atoms with van der Waals surface area (Å²) in [7, 11) is -3.97. The van der Waals surface area contributed by atoms with Gasteiger partial charge in [0.2, 0.25) is 10.0 Å². The fourth-order valence-corrected chi connectivity index (χ4v) is 4.20. The average Bonchev–Trinajstić information content (AvgIpc) is 2.85. The van der Waals surface area contributed by atoms with Crippen LogP contribution in [-0.4, -0.2) is 25.5 Å². The summed E-state index contributed by atoms with van der Waals surface area (Å²) in [5.41, 5.74) is -0.164. The van der Waals surface area contributed by atoms with Crippen LogP contribution in [0.5, 0.6) is 0 Å². The lowest BCUT2D eigenvalue weighted by molar-refractivity contribution is 0.0696. The number of halogens is 1. The Labute approximate surface area is 127 Å². The fraction of sp³-hybridized carbons (Fsp3) is 0.385. The molecule has 1 aliphatic carbocycles. The summed E-state index contributed by atoms with van der Waals surface area (Å²) >= 11 is 5.86. The van der Waals surface area contributed by atoms with Crippen LogP contribution < -0.4 is 4.72 Å². The molecule has 0 aliphatic heterocycles. The number of nitriles is 1. The van der Waals surface area contributed by atoms with E-state index in [1.54, 1.807) is 0 Å². The summed E-state index contributed by atoms with van der Waals surface area (Å²) in [5.74, 6) is -1.61. The van der Waals surface area contributed by atoms with Crippen LogP contribution in [0.1, 0.15) is 29.6 Å². The van der Waals surface area contributed by atoms with Gasteiger partial charge in [-0.2, -0.15) is 5.26 Å². The smallest absolute Gasteiger partial charge is 0.335 e. The van der Waals surface area contributed by atoms with Gasteiger partial charge in [0.15, 0.2) is 0 Å². The first kappa shape index (κ1) is 15.8. The minimum absolute atomic E-state index is 0.0565. The van der Waals surface area contributed by atoms with Crippen molar-refractivity contribution in [3.8, 4) is 6.07 Å². The SMILES string of the molecule is N#CC1CCCC1NS(=O)(=O)c1cc(C(=O)O)ccc1Cl. The Morgan fingerprint density at radius 2 is 2.14 bits per heavy atom. The second-order valence-corrected chi connectivity index (χ2v) is 6.93. The second kappa shape index (κ2) is 6.02. The first-order valence-corrected chi connectivity index (χ1v) is 8.16. The maximum absolute atomic E-state index is 12.3. The molecule has 0 heterocycles. The number of sulfonamides is 1. The molecule has 1 fully saturated rings. The van der Waals surface area contributed by atoms with Gasteiger partial charge in [-0.25, -0.2) is 17.9 Å². The molecular formula is C13H13ClN2O4S. The van der Waals surface area contributed by atoms with Crippen molar-refractivity contribution >= 4 is 27.6 Å². The maximum Gasteiger partial charge on any atom is 0.335 e. The largest absolute Gasteiger partial charge is 0.478 e. The van der Waals surface area contributed by atoms with Crippen molar-refractivity contribution in [2.75, 3.05) is 0 Å². The maximum atomic E-state index is 12.3. The Bertz CT molecular complexity index is 711. The monoisotopic (exact) mass is 328 g/mol. The Balaban J connectivity index is 2.34. The highest BCUT2D eigenvalue weighted by Gasteiger charge is 2.32. The highest BCUT2D eigenvalue weighted by molar-refractivity contribution is 7.89. The van der Waals surface area contributed by atoms with Crippen molar-refractivity contribution in [2.45, 2.75) is 30.2 Å². The molecule has 112 valence electrons. The summed E-state index contributed by atoms with van der Waals surface area (Å²) in [4.78, 5) is 10.6. The number of benzene rings is 1. The molecule has 1 saturated carbocycles. The molecule has 0 radical (unpaired) electrons. The molecule has 1 aromatic carbocycles. The second-order valence-electron chi connectivity index (χ2n) is 4.84. The topological polar surface area (TPSA) is 107 Å². The summed E-state index contributed by atoms with van der Waals surface area (Å²) in [5, 5.41) is 17.9. The molecule has 2 N–H and O–H groups in total. The van der Waals surface area contributed by atoms with E-state index in [4.69, 9.17) is 22.0 Å². The molecule has 1 aliphatic rings. The van der Waals surface area contributed by atoms with Crippen molar-refractivity contribution in [1.82, 2.24) is 4.72 Å². The van der Waals surface area contributed by atoms with Gasteiger partial charge >= 0.3 is 5.97 Å². The van der Waals surface area contributed by atoms with E-state index in [-0.39, 0.29) is 21.4 Å². The average molecular weight is 329 g/mol. The fourth-order valence-electron chi connectivity index (χ4n) is 2.36. The number of hydrogen-bond donors (Lipinski definition) is 2. The number of nitrogens with one attached hydrogen (secondary N) is 1. The van der Waals surface area contributed by atoms with E-state index in [1.807, 2.05) is 0 Å². The summed E-state index contributed by atoms with van der Waals surface area (Å²) < 4.78 is 27.1. The van der Waals surface area contributed by atoms with Crippen molar-refractivity contribution < 1.29 is 18.3 Å². The molecule has 0 amide bonds. The third kappa shape index (κ3) is 3.35. The molecule has 21 heavy (non-hydrogen) atoms. The number of nitrogens with zero attached hydrogens (tertiary/aromatic N) is 1. The number of hydrogen-bond acceptors (Lipinski definition) is 4. The van der Waals surface area contributed by atoms with Gasteiger partial charge < -0.3 is 5.11 Å². The number of rotatable bonds is 4. The van der Waals surface area contributed by atoms with Crippen LogP contribution in [0.4, 0.5) is 0 Å². The number of carbonyl (C=O) groups is 1. The minimum atomic E-state index is -3.97. The van der Waals surface area contributed by atoms with E-state index in [9.17, 15) is 13.2 Å². The predicted octanol–water partition coefficient (Wildman–Crippen LogP) is 2.01. The van der Waals surface area contributed by atoms with Crippen LogP contribution in [0, 0.1) is 17.2 Å². The van der Waals surface area contributed by atoms with Crippen LogP contribution in [0.15, 0.2) is 23.1 Å². The zero-order valence-electron chi connectivity index (χ0n) is 10.9. The number of aromatic carboxylic acids is 1. The molecule has 2 unspecified atom stereocenters. The van der Waals surface area contributed by atoms with Gasteiger partial charge in [-0.15, -0.1) is 0 Å².